The van der Waals surface area contributed by atoms with Gasteiger partial charge in [0.1, 0.15) is 0 Å². The van der Waals surface area contributed by atoms with Crippen LogP contribution in [0.3, 0.4) is 0 Å². The van der Waals surface area contributed by atoms with Gasteiger partial charge in [-0.2, -0.15) is 0 Å². The standard InChI is InChI=1S/C15H13Cl2NO/c16-12-7-6-10(8-13(12)17)9-14(19)15(18)11-4-2-1-3-5-11/h1-8,15H,9,18H2. The third-order valence-electron chi connectivity index (χ3n) is 2.87. The maximum atomic E-state index is 12.1. The van der Waals surface area contributed by atoms with E-state index in [1.54, 1.807) is 18.2 Å². The van der Waals surface area contributed by atoms with Gasteiger partial charge in [0.25, 0.3) is 0 Å². The van der Waals surface area contributed by atoms with Crippen LogP contribution in [0.4, 0.5) is 0 Å². The number of nitrogens with two attached hydrogens (primary N) is 1. The highest BCUT2D eigenvalue weighted by atomic mass is 35.5. The first-order valence-electron chi connectivity index (χ1n) is 5.85. The Morgan fingerprint density at radius 2 is 1.74 bits per heavy atom. The third kappa shape index (κ3) is 3.57. The van der Waals surface area contributed by atoms with Gasteiger partial charge >= 0.3 is 0 Å². The molecule has 0 spiro atoms. The summed E-state index contributed by atoms with van der Waals surface area (Å²) >= 11 is 11.8. The van der Waals surface area contributed by atoms with Crippen molar-refractivity contribution in [1.29, 1.82) is 0 Å². The molecule has 2 N–H and O–H groups in total. The molecule has 98 valence electrons. The summed E-state index contributed by atoms with van der Waals surface area (Å²) in [6, 6.07) is 13.8. The molecule has 2 rings (SSSR count). The van der Waals surface area contributed by atoms with Crippen LogP contribution < -0.4 is 5.73 Å². The van der Waals surface area contributed by atoms with Gasteiger partial charge in [-0.1, -0.05) is 59.6 Å². The zero-order chi connectivity index (χ0) is 13.8. The second-order valence-corrected chi connectivity index (χ2v) is 5.09. The van der Waals surface area contributed by atoms with E-state index in [4.69, 9.17) is 28.9 Å². The van der Waals surface area contributed by atoms with Gasteiger partial charge in [0.15, 0.2) is 5.78 Å². The molecule has 0 aromatic heterocycles. The summed E-state index contributed by atoms with van der Waals surface area (Å²) < 4.78 is 0. The van der Waals surface area contributed by atoms with E-state index in [0.29, 0.717) is 10.0 Å². The molecule has 4 heteroatoms. The molecular formula is C15H13Cl2NO. The molecule has 19 heavy (non-hydrogen) atoms. The molecule has 0 aliphatic heterocycles. The zero-order valence-electron chi connectivity index (χ0n) is 10.1. The minimum atomic E-state index is -0.615. The molecule has 0 fully saturated rings. The number of halogens is 2. The van der Waals surface area contributed by atoms with Gasteiger partial charge < -0.3 is 5.73 Å². The lowest BCUT2D eigenvalue weighted by Gasteiger charge is -2.11. The Labute approximate surface area is 122 Å². The summed E-state index contributed by atoms with van der Waals surface area (Å²) in [6.45, 7) is 0. The van der Waals surface area contributed by atoms with Crippen LogP contribution in [-0.2, 0) is 11.2 Å². The fourth-order valence-corrected chi connectivity index (χ4v) is 2.13. The smallest absolute Gasteiger partial charge is 0.158 e. The topological polar surface area (TPSA) is 43.1 Å². The molecule has 0 heterocycles. The number of carbonyl (C=O) groups is 1. The predicted octanol–water partition coefficient (Wildman–Crippen LogP) is 3.81. The van der Waals surface area contributed by atoms with Crippen molar-refractivity contribution < 1.29 is 4.79 Å². The first-order chi connectivity index (χ1) is 9.08. The van der Waals surface area contributed by atoms with E-state index in [2.05, 4.69) is 0 Å². The Balaban J connectivity index is 2.10. The number of ketones is 1. The minimum Gasteiger partial charge on any atom is -0.318 e. The Kier molecular flexibility index (Phi) is 4.59. The molecule has 0 bridgehead atoms. The van der Waals surface area contributed by atoms with Gasteiger partial charge in [-0.05, 0) is 23.3 Å². The molecule has 0 aliphatic rings. The van der Waals surface area contributed by atoms with E-state index in [1.165, 1.54) is 0 Å². The van der Waals surface area contributed by atoms with E-state index in [-0.39, 0.29) is 12.2 Å². The summed E-state index contributed by atoms with van der Waals surface area (Å²) in [5, 5.41) is 0.922. The molecule has 1 unspecified atom stereocenters. The number of carbonyl (C=O) groups excluding carboxylic acids is 1. The normalized spacial score (nSPS) is 12.2. The van der Waals surface area contributed by atoms with Crippen molar-refractivity contribution in [3.63, 3.8) is 0 Å². The summed E-state index contributed by atoms with van der Waals surface area (Å²) in [5.74, 6) is -0.0513. The lowest BCUT2D eigenvalue weighted by atomic mass is 9.98. The Hall–Kier alpha value is -1.35. The van der Waals surface area contributed by atoms with Crippen LogP contribution in [0.5, 0.6) is 0 Å². The maximum Gasteiger partial charge on any atom is 0.158 e. The van der Waals surface area contributed by atoms with Crippen LogP contribution in [0.1, 0.15) is 17.2 Å². The molecule has 0 saturated heterocycles. The molecule has 2 aromatic carbocycles. The molecule has 1 atom stereocenters. The van der Waals surface area contributed by atoms with Crippen LogP contribution in [0, 0.1) is 0 Å². The Morgan fingerprint density at radius 1 is 1.05 bits per heavy atom. The molecule has 0 radical (unpaired) electrons. The molecule has 0 saturated carbocycles. The summed E-state index contributed by atoms with van der Waals surface area (Å²) in [4.78, 5) is 12.1. The van der Waals surface area contributed by atoms with Crippen LogP contribution >= 0.6 is 23.2 Å². The van der Waals surface area contributed by atoms with Gasteiger partial charge in [0, 0.05) is 6.42 Å². The van der Waals surface area contributed by atoms with E-state index in [9.17, 15) is 4.79 Å². The fraction of sp³-hybridized carbons (Fsp3) is 0.133. The largest absolute Gasteiger partial charge is 0.318 e. The van der Waals surface area contributed by atoms with Crippen molar-refractivity contribution in [1.82, 2.24) is 0 Å². The zero-order valence-corrected chi connectivity index (χ0v) is 11.7. The van der Waals surface area contributed by atoms with Gasteiger partial charge in [-0.25, -0.2) is 0 Å². The molecule has 2 aromatic rings. The fourth-order valence-electron chi connectivity index (χ4n) is 1.81. The van der Waals surface area contributed by atoms with Crippen molar-refractivity contribution in [3.8, 4) is 0 Å². The Bertz CT molecular complexity index is 584. The second kappa shape index (κ2) is 6.20. The first-order valence-corrected chi connectivity index (χ1v) is 6.60. The molecule has 2 nitrogen and oxygen atoms in total. The van der Waals surface area contributed by atoms with Crippen LogP contribution in [0.2, 0.25) is 10.0 Å². The van der Waals surface area contributed by atoms with Crippen LogP contribution in [-0.4, -0.2) is 5.78 Å². The van der Waals surface area contributed by atoms with E-state index < -0.39 is 6.04 Å². The Morgan fingerprint density at radius 3 is 2.37 bits per heavy atom. The number of hydrogen-bond acceptors (Lipinski definition) is 2. The van der Waals surface area contributed by atoms with Gasteiger partial charge in [-0.15, -0.1) is 0 Å². The third-order valence-corrected chi connectivity index (χ3v) is 3.61. The quantitative estimate of drug-likeness (QED) is 0.932. The molecular weight excluding hydrogens is 281 g/mol. The highest BCUT2D eigenvalue weighted by molar-refractivity contribution is 6.42. The summed E-state index contributed by atoms with van der Waals surface area (Å²) in [6.07, 6.45) is 0.243. The monoisotopic (exact) mass is 293 g/mol. The van der Waals surface area contributed by atoms with Crippen molar-refractivity contribution in [2.45, 2.75) is 12.5 Å². The first kappa shape index (κ1) is 14.1. The SMILES string of the molecule is NC(C(=O)Cc1ccc(Cl)c(Cl)c1)c1ccccc1. The van der Waals surface area contributed by atoms with Crippen molar-refractivity contribution in [2.75, 3.05) is 0 Å². The minimum absolute atomic E-state index is 0.0513. The number of Topliss-reactive ketones (excluding diaryl/α,β-unsaturated/α-hetero) is 1. The number of hydrogen-bond donors (Lipinski definition) is 1. The van der Waals surface area contributed by atoms with Crippen molar-refractivity contribution >= 4 is 29.0 Å². The molecule has 0 amide bonds. The van der Waals surface area contributed by atoms with Gasteiger partial charge in [0.2, 0.25) is 0 Å². The van der Waals surface area contributed by atoms with Crippen molar-refractivity contribution in [3.05, 3.63) is 69.7 Å². The number of benzene rings is 2. The van der Waals surface area contributed by atoms with E-state index >= 15 is 0 Å². The van der Waals surface area contributed by atoms with Gasteiger partial charge in [0.05, 0.1) is 16.1 Å². The lowest BCUT2D eigenvalue weighted by molar-refractivity contribution is -0.119. The van der Waals surface area contributed by atoms with Crippen LogP contribution in [0.25, 0.3) is 0 Å². The van der Waals surface area contributed by atoms with Gasteiger partial charge in [-0.3, -0.25) is 4.79 Å². The average molecular weight is 294 g/mol. The number of rotatable bonds is 4. The van der Waals surface area contributed by atoms with E-state index in [0.717, 1.165) is 11.1 Å². The summed E-state index contributed by atoms with van der Waals surface area (Å²) in [7, 11) is 0. The highest BCUT2D eigenvalue weighted by Crippen LogP contribution is 2.23. The molecule has 0 aliphatic carbocycles. The van der Waals surface area contributed by atoms with Crippen LogP contribution in [0.15, 0.2) is 48.5 Å². The van der Waals surface area contributed by atoms with E-state index in [1.807, 2.05) is 30.3 Å². The predicted molar refractivity (Wildman–Crippen MR) is 78.5 cm³/mol. The second-order valence-electron chi connectivity index (χ2n) is 4.28. The summed E-state index contributed by atoms with van der Waals surface area (Å²) in [5.41, 5.74) is 7.57. The average Bonchev–Trinajstić information content (AvgIpc) is 2.43. The van der Waals surface area contributed by atoms with Crippen molar-refractivity contribution in [2.24, 2.45) is 5.73 Å². The lowest BCUT2D eigenvalue weighted by Crippen LogP contribution is -2.23. The maximum absolute atomic E-state index is 12.1. The highest BCUT2D eigenvalue weighted by Gasteiger charge is 2.16.